The van der Waals surface area contributed by atoms with E-state index in [1.54, 1.807) is 12.1 Å². The van der Waals surface area contributed by atoms with Gasteiger partial charge < -0.3 is 10.6 Å². The maximum absolute atomic E-state index is 10.7. The second-order valence-electron chi connectivity index (χ2n) is 4.55. The molecule has 1 atom stereocenters. The van der Waals surface area contributed by atoms with Gasteiger partial charge >= 0.3 is 0 Å². The molecule has 0 amide bonds. The Hall–Kier alpha value is -1.62. The summed E-state index contributed by atoms with van der Waals surface area (Å²) in [7, 11) is 0. The summed E-state index contributed by atoms with van der Waals surface area (Å²) in [6, 6.07) is 5.12. The van der Waals surface area contributed by atoms with E-state index >= 15 is 0 Å². The normalized spacial score (nSPS) is 19.2. The van der Waals surface area contributed by atoms with Crippen LogP contribution in [0.15, 0.2) is 18.2 Å². The van der Waals surface area contributed by atoms with Gasteiger partial charge in [0.05, 0.1) is 4.92 Å². The Kier molecular flexibility index (Phi) is 3.58. The Balaban J connectivity index is 2.01. The van der Waals surface area contributed by atoms with Crippen molar-refractivity contribution in [1.82, 2.24) is 5.32 Å². The first-order valence-electron chi connectivity index (χ1n) is 5.86. The van der Waals surface area contributed by atoms with E-state index < -0.39 is 0 Å². The predicted molar refractivity (Wildman–Crippen MR) is 67.3 cm³/mol. The summed E-state index contributed by atoms with van der Waals surface area (Å²) in [5.74, 6) is 0.620. The minimum atomic E-state index is -0.352. The monoisotopic (exact) mass is 235 g/mol. The van der Waals surface area contributed by atoms with Crippen LogP contribution in [0.4, 0.5) is 11.4 Å². The minimum Gasteiger partial charge on any atom is -0.385 e. The van der Waals surface area contributed by atoms with Gasteiger partial charge in [-0.25, -0.2) is 0 Å². The first-order chi connectivity index (χ1) is 8.15. The minimum absolute atomic E-state index is 0.150. The molecular formula is C12H17N3O2. The molecule has 1 saturated heterocycles. The fraction of sp³-hybridized carbons (Fsp3) is 0.500. The molecule has 17 heavy (non-hydrogen) atoms. The zero-order chi connectivity index (χ0) is 12.3. The lowest BCUT2D eigenvalue weighted by Gasteiger charge is -2.11. The van der Waals surface area contributed by atoms with E-state index in [2.05, 4.69) is 10.6 Å². The standard InChI is InChI=1S/C12H17N3O2/c1-9-4-11(6-12(5-9)15(16)17)14-8-10-2-3-13-7-10/h4-6,10,13-14H,2-3,7-8H2,1H3. The third-order valence-electron chi connectivity index (χ3n) is 3.03. The van der Waals surface area contributed by atoms with Gasteiger partial charge in [0.1, 0.15) is 0 Å². The Bertz CT molecular complexity index is 414. The summed E-state index contributed by atoms with van der Waals surface area (Å²) >= 11 is 0. The van der Waals surface area contributed by atoms with Gasteiger partial charge in [-0.05, 0) is 44.0 Å². The predicted octanol–water partition coefficient (Wildman–Crippen LogP) is 1.92. The molecule has 1 aliphatic heterocycles. The third-order valence-corrected chi connectivity index (χ3v) is 3.03. The molecular weight excluding hydrogens is 218 g/mol. The first kappa shape index (κ1) is 11.9. The van der Waals surface area contributed by atoms with Crippen LogP contribution >= 0.6 is 0 Å². The molecule has 0 aliphatic carbocycles. The van der Waals surface area contributed by atoms with Gasteiger partial charge in [-0.15, -0.1) is 0 Å². The largest absolute Gasteiger partial charge is 0.385 e. The Morgan fingerprint density at radius 2 is 2.35 bits per heavy atom. The lowest BCUT2D eigenvalue weighted by Crippen LogP contribution is -2.17. The molecule has 5 heteroatoms. The number of nitro benzene ring substituents is 1. The molecule has 5 nitrogen and oxygen atoms in total. The molecule has 1 fully saturated rings. The van der Waals surface area contributed by atoms with Crippen molar-refractivity contribution in [2.75, 3.05) is 25.0 Å². The molecule has 0 aromatic heterocycles. The van der Waals surface area contributed by atoms with Gasteiger partial charge in [0, 0.05) is 24.4 Å². The lowest BCUT2D eigenvalue weighted by molar-refractivity contribution is -0.384. The van der Waals surface area contributed by atoms with E-state index in [0.29, 0.717) is 5.92 Å². The van der Waals surface area contributed by atoms with Gasteiger partial charge in [0.2, 0.25) is 0 Å². The number of nitro groups is 1. The van der Waals surface area contributed by atoms with Crippen molar-refractivity contribution in [2.45, 2.75) is 13.3 Å². The molecule has 2 rings (SSSR count). The van der Waals surface area contributed by atoms with Crippen LogP contribution in [-0.2, 0) is 0 Å². The second kappa shape index (κ2) is 5.14. The summed E-state index contributed by atoms with van der Waals surface area (Å²) in [6.07, 6.45) is 1.17. The van der Waals surface area contributed by atoms with E-state index in [0.717, 1.165) is 30.9 Å². The first-order valence-corrected chi connectivity index (χ1v) is 5.86. The zero-order valence-electron chi connectivity index (χ0n) is 9.90. The molecule has 1 unspecified atom stereocenters. The average molecular weight is 235 g/mol. The van der Waals surface area contributed by atoms with Crippen molar-refractivity contribution in [3.8, 4) is 0 Å². The molecule has 1 heterocycles. The Labute approximate surface area is 100 Å². The number of anilines is 1. The van der Waals surface area contributed by atoms with Crippen LogP contribution < -0.4 is 10.6 Å². The van der Waals surface area contributed by atoms with E-state index in [4.69, 9.17) is 0 Å². The maximum Gasteiger partial charge on any atom is 0.271 e. The van der Waals surface area contributed by atoms with Crippen LogP contribution in [0, 0.1) is 23.0 Å². The summed E-state index contributed by atoms with van der Waals surface area (Å²) in [4.78, 5) is 10.4. The molecule has 2 N–H and O–H groups in total. The number of aryl methyl sites for hydroxylation is 1. The van der Waals surface area contributed by atoms with Crippen molar-refractivity contribution in [1.29, 1.82) is 0 Å². The maximum atomic E-state index is 10.7. The number of hydrogen-bond donors (Lipinski definition) is 2. The SMILES string of the molecule is Cc1cc(NCC2CCNC2)cc([N+](=O)[O-])c1. The van der Waals surface area contributed by atoms with Gasteiger partial charge in [-0.1, -0.05) is 0 Å². The highest BCUT2D eigenvalue weighted by Crippen LogP contribution is 2.21. The fourth-order valence-corrected chi connectivity index (χ4v) is 2.12. The number of rotatable bonds is 4. The number of nitrogens with zero attached hydrogens (tertiary/aromatic N) is 1. The van der Waals surface area contributed by atoms with Crippen LogP contribution in [0.1, 0.15) is 12.0 Å². The van der Waals surface area contributed by atoms with Gasteiger partial charge in [0.25, 0.3) is 5.69 Å². The van der Waals surface area contributed by atoms with Crippen LogP contribution in [0.25, 0.3) is 0 Å². The second-order valence-corrected chi connectivity index (χ2v) is 4.55. The van der Waals surface area contributed by atoms with Crippen LogP contribution in [0.3, 0.4) is 0 Å². The Morgan fingerprint density at radius 1 is 1.53 bits per heavy atom. The Morgan fingerprint density at radius 3 is 3.00 bits per heavy atom. The van der Waals surface area contributed by atoms with E-state index in [1.165, 1.54) is 6.42 Å². The van der Waals surface area contributed by atoms with E-state index in [9.17, 15) is 10.1 Å². The molecule has 1 aromatic carbocycles. The fourth-order valence-electron chi connectivity index (χ4n) is 2.12. The summed E-state index contributed by atoms with van der Waals surface area (Å²) in [6.45, 7) is 4.84. The van der Waals surface area contributed by atoms with Crippen molar-refractivity contribution < 1.29 is 4.92 Å². The molecule has 0 radical (unpaired) electrons. The van der Waals surface area contributed by atoms with Crippen molar-refractivity contribution in [3.63, 3.8) is 0 Å². The summed E-state index contributed by atoms with van der Waals surface area (Å²) in [5, 5.41) is 17.3. The summed E-state index contributed by atoms with van der Waals surface area (Å²) < 4.78 is 0. The number of hydrogen-bond acceptors (Lipinski definition) is 4. The quantitative estimate of drug-likeness (QED) is 0.618. The number of benzene rings is 1. The lowest BCUT2D eigenvalue weighted by atomic mass is 10.1. The van der Waals surface area contributed by atoms with Crippen molar-refractivity contribution in [3.05, 3.63) is 33.9 Å². The number of nitrogens with one attached hydrogen (secondary N) is 2. The highest BCUT2D eigenvalue weighted by molar-refractivity contribution is 5.53. The van der Waals surface area contributed by atoms with E-state index in [1.807, 2.05) is 13.0 Å². The highest BCUT2D eigenvalue weighted by Gasteiger charge is 2.14. The average Bonchev–Trinajstić information content (AvgIpc) is 2.78. The van der Waals surface area contributed by atoms with Gasteiger partial charge in [0.15, 0.2) is 0 Å². The molecule has 0 saturated carbocycles. The van der Waals surface area contributed by atoms with Gasteiger partial charge in [-0.2, -0.15) is 0 Å². The third kappa shape index (κ3) is 3.17. The van der Waals surface area contributed by atoms with Crippen LogP contribution in [0.5, 0.6) is 0 Å². The summed E-state index contributed by atoms with van der Waals surface area (Å²) in [5.41, 5.74) is 1.90. The van der Waals surface area contributed by atoms with Gasteiger partial charge in [-0.3, -0.25) is 10.1 Å². The smallest absolute Gasteiger partial charge is 0.271 e. The van der Waals surface area contributed by atoms with Crippen molar-refractivity contribution in [2.24, 2.45) is 5.92 Å². The molecule has 1 aromatic rings. The molecule has 92 valence electrons. The molecule has 1 aliphatic rings. The van der Waals surface area contributed by atoms with Crippen LogP contribution in [-0.4, -0.2) is 24.6 Å². The van der Waals surface area contributed by atoms with Crippen molar-refractivity contribution >= 4 is 11.4 Å². The van der Waals surface area contributed by atoms with E-state index in [-0.39, 0.29) is 10.6 Å². The number of non-ortho nitro benzene ring substituents is 1. The topological polar surface area (TPSA) is 67.2 Å². The zero-order valence-corrected chi connectivity index (χ0v) is 9.90. The highest BCUT2D eigenvalue weighted by atomic mass is 16.6. The van der Waals surface area contributed by atoms with Crippen LogP contribution in [0.2, 0.25) is 0 Å². The molecule has 0 spiro atoms. The molecule has 0 bridgehead atoms.